The van der Waals surface area contributed by atoms with Crippen LogP contribution in [0, 0.1) is 0 Å². The van der Waals surface area contributed by atoms with Crippen LogP contribution in [-0.2, 0) is 0 Å². The fraction of sp³-hybridized carbons (Fsp3) is 0.100. The van der Waals surface area contributed by atoms with Gasteiger partial charge in [-0.25, -0.2) is 4.98 Å². The molecular weight excluding hydrogens is 366 g/mol. The Balaban J connectivity index is 1.63. The minimum absolute atomic E-state index is 0.0607. The van der Waals surface area contributed by atoms with Crippen molar-refractivity contribution < 1.29 is 4.79 Å². The van der Waals surface area contributed by atoms with E-state index in [1.54, 1.807) is 29.7 Å². The summed E-state index contributed by atoms with van der Waals surface area (Å²) in [6.45, 7) is 0.479. The summed E-state index contributed by atoms with van der Waals surface area (Å²) in [5.74, 6) is -0.157. The molecule has 130 valence electrons. The second-order valence-electron chi connectivity index (χ2n) is 5.91. The molecular formula is C20H16ClN3OS. The zero-order valence-corrected chi connectivity index (χ0v) is 15.3. The molecule has 1 aromatic carbocycles. The van der Waals surface area contributed by atoms with E-state index >= 15 is 0 Å². The number of hydrogen-bond donors (Lipinski definition) is 2. The molecule has 1 amide bonds. The van der Waals surface area contributed by atoms with Gasteiger partial charge in [-0.2, -0.15) is 0 Å². The van der Waals surface area contributed by atoms with Crippen LogP contribution in [0.1, 0.15) is 26.7 Å². The molecule has 0 saturated carbocycles. The largest absolute Gasteiger partial charge is 0.361 e. The van der Waals surface area contributed by atoms with Crippen LogP contribution < -0.4 is 5.32 Å². The number of hydrogen-bond acceptors (Lipinski definition) is 3. The van der Waals surface area contributed by atoms with Gasteiger partial charge in [-0.3, -0.25) is 4.79 Å². The van der Waals surface area contributed by atoms with Gasteiger partial charge in [-0.15, -0.1) is 11.3 Å². The van der Waals surface area contributed by atoms with Gasteiger partial charge in [0.2, 0.25) is 0 Å². The molecule has 0 radical (unpaired) electrons. The second kappa shape index (κ2) is 7.32. The maximum absolute atomic E-state index is 12.5. The van der Waals surface area contributed by atoms with E-state index in [0.29, 0.717) is 12.1 Å². The minimum atomic E-state index is -0.218. The second-order valence-corrected chi connectivity index (χ2v) is 7.25. The van der Waals surface area contributed by atoms with Gasteiger partial charge in [-0.05, 0) is 35.2 Å². The van der Waals surface area contributed by atoms with E-state index < -0.39 is 0 Å². The first-order valence-corrected chi connectivity index (χ1v) is 9.48. The lowest BCUT2D eigenvalue weighted by Crippen LogP contribution is -2.29. The number of carbonyl (C=O) groups is 1. The number of aromatic amines is 1. The normalized spacial score (nSPS) is 12.2. The number of halogens is 1. The quantitative estimate of drug-likeness (QED) is 0.486. The average Bonchev–Trinajstić information content (AvgIpc) is 3.33. The lowest BCUT2D eigenvalue weighted by atomic mass is 9.96. The molecule has 4 nitrogen and oxygen atoms in total. The number of rotatable bonds is 5. The number of nitrogens with zero attached hydrogens (tertiary/aromatic N) is 1. The Kier molecular flexibility index (Phi) is 4.73. The van der Waals surface area contributed by atoms with E-state index in [4.69, 9.17) is 11.6 Å². The van der Waals surface area contributed by atoms with E-state index in [2.05, 4.69) is 38.9 Å². The van der Waals surface area contributed by atoms with Gasteiger partial charge in [-0.1, -0.05) is 35.9 Å². The first kappa shape index (κ1) is 16.8. The average molecular weight is 382 g/mol. The number of fused-ring (bicyclic) bond motifs is 1. The van der Waals surface area contributed by atoms with E-state index in [0.717, 1.165) is 5.52 Å². The van der Waals surface area contributed by atoms with Gasteiger partial charge < -0.3 is 10.3 Å². The van der Waals surface area contributed by atoms with Crippen molar-refractivity contribution >= 4 is 39.7 Å². The van der Waals surface area contributed by atoms with Crippen LogP contribution in [0.15, 0.2) is 66.3 Å². The van der Waals surface area contributed by atoms with E-state index in [1.165, 1.54) is 15.8 Å². The van der Waals surface area contributed by atoms with Crippen LogP contribution in [0.25, 0.3) is 10.9 Å². The van der Waals surface area contributed by atoms with Gasteiger partial charge in [0.1, 0.15) is 5.15 Å². The first-order valence-electron chi connectivity index (χ1n) is 8.22. The number of carbonyl (C=O) groups excluding carboxylic acids is 1. The van der Waals surface area contributed by atoms with Crippen LogP contribution in [0.4, 0.5) is 0 Å². The summed E-state index contributed by atoms with van der Waals surface area (Å²) in [6, 6.07) is 15.7. The molecule has 0 spiro atoms. The number of amides is 1. The highest BCUT2D eigenvalue weighted by Gasteiger charge is 2.21. The lowest BCUT2D eigenvalue weighted by Gasteiger charge is -2.16. The maximum Gasteiger partial charge on any atom is 0.254 e. The molecule has 0 aliphatic heterocycles. The number of aromatic nitrogens is 2. The number of nitrogens with one attached hydrogen (secondary N) is 2. The Hall–Kier alpha value is -2.63. The van der Waals surface area contributed by atoms with E-state index in [-0.39, 0.29) is 17.0 Å². The summed E-state index contributed by atoms with van der Waals surface area (Å²) >= 11 is 7.72. The number of H-pyrrole nitrogens is 1. The molecule has 4 aromatic rings. The molecule has 0 fully saturated rings. The Labute approximate surface area is 159 Å². The molecule has 0 saturated heterocycles. The lowest BCUT2D eigenvalue weighted by molar-refractivity contribution is 0.0952. The number of pyridine rings is 1. The number of benzene rings is 1. The third-order valence-electron chi connectivity index (χ3n) is 4.35. The molecule has 4 rings (SSSR count). The van der Waals surface area contributed by atoms with Gasteiger partial charge in [0.15, 0.2) is 0 Å². The topological polar surface area (TPSA) is 57.8 Å². The van der Waals surface area contributed by atoms with Crippen molar-refractivity contribution in [1.82, 2.24) is 15.3 Å². The smallest absolute Gasteiger partial charge is 0.254 e. The molecule has 0 unspecified atom stereocenters. The van der Waals surface area contributed by atoms with Crippen LogP contribution in [0.5, 0.6) is 0 Å². The maximum atomic E-state index is 12.5. The standard InChI is InChI=1S/C20H16ClN3OS/c21-19-14(6-3-9-22-19)20(25)24-12-16(18-8-4-10-26-18)15-11-23-17-7-2-1-5-13(15)17/h1-11,16,23H,12H2,(H,24,25)/t16-/m0/s1. The summed E-state index contributed by atoms with van der Waals surface area (Å²) in [6.07, 6.45) is 3.60. The summed E-state index contributed by atoms with van der Waals surface area (Å²) in [5, 5.41) is 6.44. The summed E-state index contributed by atoms with van der Waals surface area (Å²) in [5.41, 5.74) is 2.64. The van der Waals surface area contributed by atoms with Gasteiger partial charge in [0, 0.05) is 40.6 Å². The fourth-order valence-corrected chi connectivity index (χ4v) is 4.13. The third-order valence-corrected chi connectivity index (χ3v) is 5.64. The van der Waals surface area contributed by atoms with Crippen molar-refractivity contribution in [2.24, 2.45) is 0 Å². The fourth-order valence-electron chi connectivity index (χ4n) is 3.08. The van der Waals surface area contributed by atoms with E-state index in [1.807, 2.05) is 24.4 Å². The summed E-state index contributed by atoms with van der Waals surface area (Å²) in [4.78, 5) is 21.0. The minimum Gasteiger partial charge on any atom is -0.361 e. The predicted octanol–water partition coefficient (Wildman–Crippen LogP) is 4.84. The predicted molar refractivity (Wildman–Crippen MR) is 106 cm³/mol. The van der Waals surface area contributed by atoms with Crippen molar-refractivity contribution in [1.29, 1.82) is 0 Å². The Morgan fingerprint density at radius 3 is 2.88 bits per heavy atom. The highest BCUT2D eigenvalue weighted by Crippen LogP contribution is 2.32. The molecule has 0 bridgehead atoms. The highest BCUT2D eigenvalue weighted by atomic mass is 35.5. The molecule has 0 aliphatic rings. The first-order chi connectivity index (χ1) is 12.7. The monoisotopic (exact) mass is 381 g/mol. The highest BCUT2D eigenvalue weighted by molar-refractivity contribution is 7.10. The van der Waals surface area contributed by atoms with Gasteiger partial charge in [0.05, 0.1) is 5.56 Å². The zero-order chi connectivity index (χ0) is 17.9. The van der Waals surface area contributed by atoms with E-state index in [9.17, 15) is 4.79 Å². The van der Waals surface area contributed by atoms with Crippen molar-refractivity contribution in [2.45, 2.75) is 5.92 Å². The Bertz CT molecular complexity index is 1040. The van der Waals surface area contributed by atoms with Crippen molar-refractivity contribution in [2.75, 3.05) is 6.54 Å². The van der Waals surface area contributed by atoms with Crippen LogP contribution in [-0.4, -0.2) is 22.4 Å². The molecule has 1 atom stereocenters. The van der Waals surface area contributed by atoms with Gasteiger partial charge >= 0.3 is 0 Å². The van der Waals surface area contributed by atoms with Crippen LogP contribution >= 0.6 is 22.9 Å². The SMILES string of the molecule is O=C(NC[C@H](c1cccs1)c1c[nH]c2ccccc12)c1cccnc1Cl. The molecule has 6 heteroatoms. The zero-order valence-electron chi connectivity index (χ0n) is 13.8. The molecule has 2 N–H and O–H groups in total. The molecule has 26 heavy (non-hydrogen) atoms. The Morgan fingerprint density at radius 2 is 2.08 bits per heavy atom. The van der Waals surface area contributed by atoms with Crippen LogP contribution in [0.2, 0.25) is 5.15 Å². The Morgan fingerprint density at radius 1 is 1.19 bits per heavy atom. The summed E-state index contributed by atoms with van der Waals surface area (Å²) < 4.78 is 0. The molecule has 3 heterocycles. The van der Waals surface area contributed by atoms with Gasteiger partial charge in [0.25, 0.3) is 5.91 Å². The third kappa shape index (κ3) is 3.23. The van der Waals surface area contributed by atoms with Crippen molar-refractivity contribution in [3.8, 4) is 0 Å². The summed E-state index contributed by atoms with van der Waals surface area (Å²) in [7, 11) is 0. The van der Waals surface area contributed by atoms with Crippen molar-refractivity contribution in [3.63, 3.8) is 0 Å². The van der Waals surface area contributed by atoms with Crippen molar-refractivity contribution in [3.05, 3.63) is 87.5 Å². The number of para-hydroxylation sites is 1. The molecule has 0 aliphatic carbocycles. The number of thiophene rings is 1. The van der Waals surface area contributed by atoms with Crippen LogP contribution in [0.3, 0.4) is 0 Å². The molecule has 3 aromatic heterocycles.